The minimum atomic E-state index is -1.52. The van der Waals surface area contributed by atoms with Crippen molar-refractivity contribution in [1.82, 2.24) is 0 Å². The van der Waals surface area contributed by atoms with Crippen molar-refractivity contribution in [3.63, 3.8) is 0 Å². The van der Waals surface area contributed by atoms with Gasteiger partial charge in [-0.1, -0.05) is 27.2 Å². The Balaban J connectivity index is 1.18. The van der Waals surface area contributed by atoms with Crippen molar-refractivity contribution < 1.29 is 54.4 Å². The second-order valence-electron chi connectivity index (χ2n) is 18.0. The highest BCUT2D eigenvalue weighted by Crippen LogP contribution is 2.89. The van der Waals surface area contributed by atoms with E-state index in [9.17, 15) is 40.2 Å². The lowest BCUT2D eigenvalue weighted by Crippen LogP contribution is -2.62. The molecule has 1 heterocycles. The summed E-state index contributed by atoms with van der Waals surface area (Å²) < 4.78 is 17.4. The molecule has 0 amide bonds. The monoisotopic (exact) mass is 680 g/mol. The molecule has 6 rings (SSSR count). The molecule has 11 heteroatoms. The maximum Gasteiger partial charge on any atom is 0.310 e. The molecule has 0 aromatic heterocycles. The minimum absolute atomic E-state index is 0.0155. The molecular weight excluding hydrogens is 620 g/mol. The molecule has 0 unspecified atom stereocenters. The lowest BCUT2D eigenvalue weighted by atomic mass is 9.41. The fourth-order valence-corrected chi connectivity index (χ4v) is 12.7. The summed E-state index contributed by atoms with van der Waals surface area (Å²) in [6, 6.07) is 0. The number of carboxylic acids is 1. The number of aliphatic hydroxyl groups is 5. The third-order valence-corrected chi connectivity index (χ3v) is 15.3. The van der Waals surface area contributed by atoms with Crippen LogP contribution in [0.4, 0.5) is 0 Å². The standard InChI is InChI=1S/C37H60O11/c1-20(38)46-18-22-27(40)28(41)29(42)30(47-22)48-26-13-14-35-19-36(35)17-16-34(6)21(8-7-9-25(39)33(4,5)45)12-15-37(34,31(43)44)24(36)11-10-23(35)32(26,2)3/h21-30,39-42,45H,7-19H2,1-6H3,(H,43,44)/t21-,22-,23+,24-,25-,26-,27-,28+,29+,30+,34+,35+,36-,37+/m0/s1. The molecule has 6 fully saturated rings. The van der Waals surface area contributed by atoms with Gasteiger partial charge in [0.1, 0.15) is 31.0 Å². The Morgan fingerprint density at radius 3 is 2.23 bits per heavy atom. The Kier molecular flexibility index (Phi) is 9.21. The Morgan fingerprint density at radius 1 is 0.917 bits per heavy atom. The van der Waals surface area contributed by atoms with E-state index < -0.39 is 59.8 Å². The molecule has 48 heavy (non-hydrogen) atoms. The number of aliphatic hydroxyl groups excluding tert-OH is 4. The molecule has 0 bridgehead atoms. The summed E-state index contributed by atoms with van der Waals surface area (Å²) in [6.07, 6.45) is 2.26. The summed E-state index contributed by atoms with van der Waals surface area (Å²) in [7, 11) is 0. The maximum absolute atomic E-state index is 13.6. The molecular formula is C37H60O11. The van der Waals surface area contributed by atoms with Crippen molar-refractivity contribution in [2.45, 2.75) is 167 Å². The van der Waals surface area contributed by atoms with Gasteiger partial charge in [0.15, 0.2) is 6.29 Å². The Bertz CT molecular complexity index is 1250. The van der Waals surface area contributed by atoms with Gasteiger partial charge in [-0.3, -0.25) is 9.59 Å². The zero-order chi connectivity index (χ0) is 35.2. The molecule has 6 aliphatic rings. The summed E-state index contributed by atoms with van der Waals surface area (Å²) in [5, 5.41) is 63.7. The average molecular weight is 681 g/mol. The summed E-state index contributed by atoms with van der Waals surface area (Å²) in [5.41, 5.74) is -2.54. The predicted octanol–water partition coefficient (Wildman–Crippen LogP) is 3.55. The normalized spacial score (nSPS) is 48.4. The first kappa shape index (κ1) is 36.5. The quantitative estimate of drug-likeness (QED) is 0.147. The van der Waals surface area contributed by atoms with Crippen LogP contribution in [0.5, 0.6) is 0 Å². The van der Waals surface area contributed by atoms with Gasteiger partial charge in [0.25, 0.3) is 0 Å². The highest BCUT2D eigenvalue weighted by atomic mass is 16.7. The first-order valence-electron chi connectivity index (χ1n) is 18.4. The van der Waals surface area contributed by atoms with E-state index in [0.29, 0.717) is 25.2 Å². The van der Waals surface area contributed by atoms with Crippen LogP contribution in [0, 0.1) is 44.8 Å². The van der Waals surface area contributed by atoms with Crippen LogP contribution < -0.4 is 0 Å². The van der Waals surface area contributed by atoms with Crippen molar-refractivity contribution in [2.75, 3.05) is 6.61 Å². The van der Waals surface area contributed by atoms with Crippen LogP contribution in [0.15, 0.2) is 0 Å². The highest BCUT2D eigenvalue weighted by molar-refractivity contribution is 5.78. The van der Waals surface area contributed by atoms with Crippen LogP contribution in [0.2, 0.25) is 0 Å². The first-order chi connectivity index (χ1) is 22.3. The van der Waals surface area contributed by atoms with E-state index in [1.807, 2.05) is 0 Å². The van der Waals surface area contributed by atoms with Gasteiger partial charge in [-0.15, -0.1) is 0 Å². The van der Waals surface area contributed by atoms with Crippen LogP contribution in [0.1, 0.15) is 119 Å². The number of ether oxygens (including phenoxy) is 3. The SMILES string of the molecule is CC(=O)OC[C@@H]1O[C@H](O[C@H]2CC[C@]34C[C@]35CC[C@]3(C)[C@@H](CCC[C@H](O)C(C)(C)O)CC[C@]3(C(=O)O)[C@H]5CC[C@@H]4C2(C)C)[C@H](O)[C@H](O)[C@H]1O. The molecule has 274 valence electrons. The van der Waals surface area contributed by atoms with Gasteiger partial charge < -0.3 is 44.8 Å². The molecule has 0 aromatic rings. The number of aliphatic carboxylic acids is 1. The molecule has 5 aliphatic carbocycles. The number of carbonyl (C=O) groups excluding carboxylic acids is 1. The van der Waals surface area contributed by atoms with E-state index in [4.69, 9.17) is 14.2 Å². The number of rotatable bonds is 10. The van der Waals surface area contributed by atoms with E-state index >= 15 is 0 Å². The van der Waals surface area contributed by atoms with Gasteiger partial charge >= 0.3 is 11.9 Å². The van der Waals surface area contributed by atoms with Crippen molar-refractivity contribution in [3.05, 3.63) is 0 Å². The predicted molar refractivity (Wildman–Crippen MR) is 173 cm³/mol. The topological polar surface area (TPSA) is 183 Å². The van der Waals surface area contributed by atoms with Crippen LogP contribution in [-0.2, 0) is 23.8 Å². The Morgan fingerprint density at radius 2 is 1.58 bits per heavy atom. The van der Waals surface area contributed by atoms with Crippen molar-refractivity contribution in [1.29, 1.82) is 0 Å². The lowest BCUT2D eigenvalue weighted by molar-refractivity contribution is -0.326. The molecule has 14 atom stereocenters. The molecule has 1 saturated heterocycles. The molecule has 2 spiro atoms. The smallest absolute Gasteiger partial charge is 0.310 e. The molecule has 0 aromatic carbocycles. The molecule has 11 nitrogen and oxygen atoms in total. The summed E-state index contributed by atoms with van der Waals surface area (Å²) in [6.45, 7) is 10.9. The summed E-state index contributed by atoms with van der Waals surface area (Å²) in [5.74, 6) is -0.506. The number of fused-ring (bicyclic) bond motifs is 2. The van der Waals surface area contributed by atoms with Crippen LogP contribution in [0.25, 0.3) is 0 Å². The van der Waals surface area contributed by atoms with E-state index in [0.717, 1.165) is 57.8 Å². The number of hydrogen-bond donors (Lipinski definition) is 6. The second-order valence-corrected chi connectivity index (χ2v) is 18.0. The largest absolute Gasteiger partial charge is 0.481 e. The zero-order valence-corrected chi connectivity index (χ0v) is 29.7. The second kappa shape index (κ2) is 12.1. The van der Waals surface area contributed by atoms with E-state index in [-0.39, 0.29) is 46.2 Å². The van der Waals surface area contributed by atoms with Crippen LogP contribution >= 0.6 is 0 Å². The van der Waals surface area contributed by atoms with Gasteiger partial charge in [-0.2, -0.15) is 0 Å². The first-order valence-corrected chi connectivity index (χ1v) is 18.4. The third kappa shape index (κ3) is 5.22. The van der Waals surface area contributed by atoms with Crippen LogP contribution in [-0.4, -0.2) is 97.7 Å². The zero-order valence-electron chi connectivity index (χ0n) is 29.7. The molecule has 5 saturated carbocycles. The Hall–Kier alpha value is -1.34. The summed E-state index contributed by atoms with van der Waals surface area (Å²) in [4.78, 5) is 25.0. The van der Waals surface area contributed by atoms with Gasteiger partial charge in [-0.25, -0.2) is 0 Å². The van der Waals surface area contributed by atoms with Gasteiger partial charge in [0.2, 0.25) is 0 Å². The average Bonchev–Trinajstić information content (AvgIpc) is 3.57. The van der Waals surface area contributed by atoms with Gasteiger partial charge in [0, 0.05) is 6.92 Å². The van der Waals surface area contributed by atoms with Gasteiger partial charge in [-0.05, 0) is 124 Å². The molecule has 0 radical (unpaired) electrons. The number of esters is 1. The van der Waals surface area contributed by atoms with Crippen LogP contribution in [0.3, 0.4) is 0 Å². The molecule has 1 aliphatic heterocycles. The van der Waals surface area contributed by atoms with Gasteiger partial charge in [0.05, 0.1) is 23.2 Å². The Labute approximate surface area is 284 Å². The van der Waals surface area contributed by atoms with Crippen molar-refractivity contribution >= 4 is 11.9 Å². The number of carboxylic acid groups (broad SMARTS) is 1. The fourth-order valence-electron chi connectivity index (χ4n) is 12.7. The fraction of sp³-hybridized carbons (Fsp3) is 0.946. The van der Waals surface area contributed by atoms with Crippen molar-refractivity contribution in [3.8, 4) is 0 Å². The van der Waals surface area contributed by atoms with E-state index in [1.165, 1.54) is 6.92 Å². The maximum atomic E-state index is 13.6. The van der Waals surface area contributed by atoms with E-state index in [2.05, 4.69) is 20.8 Å². The summed E-state index contributed by atoms with van der Waals surface area (Å²) >= 11 is 0. The third-order valence-electron chi connectivity index (χ3n) is 15.3. The molecule has 6 N–H and O–H groups in total. The highest BCUT2D eigenvalue weighted by Gasteiger charge is 2.84. The van der Waals surface area contributed by atoms with E-state index in [1.54, 1.807) is 13.8 Å². The number of carbonyl (C=O) groups is 2. The number of hydrogen-bond acceptors (Lipinski definition) is 10. The lowest BCUT2D eigenvalue weighted by Gasteiger charge is -2.62. The van der Waals surface area contributed by atoms with Crippen molar-refractivity contribution in [2.24, 2.45) is 44.8 Å². The minimum Gasteiger partial charge on any atom is -0.481 e.